The Balaban J connectivity index is 2.53. The van der Waals surface area contributed by atoms with Gasteiger partial charge in [0.25, 0.3) is 0 Å². The van der Waals surface area contributed by atoms with E-state index in [9.17, 15) is 0 Å². The first-order chi connectivity index (χ1) is 9.45. The molecule has 0 saturated carbocycles. The summed E-state index contributed by atoms with van der Waals surface area (Å²) < 4.78 is 5.56. The molecule has 0 aliphatic rings. The normalized spacial score (nSPS) is 12.3. The first kappa shape index (κ1) is 14.5. The molecule has 1 aromatic heterocycles. The van der Waals surface area contributed by atoms with Gasteiger partial charge in [-0.2, -0.15) is 0 Å². The van der Waals surface area contributed by atoms with Crippen molar-refractivity contribution in [2.24, 2.45) is 5.73 Å². The lowest BCUT2D eigenvalue weighted by Gasteiger charge is -2.20. The highest BCUT2D eigenvalue weighted by atomic mass is 16.5. The maximum absolute atomic E-state index is 6.42. The minimum Gasteiger partial charge on any atom is -0.496 e. The molecule has 0 bridgehead atoms. The average molecular weight is 270 g/mol. The largest absolute Gasteiger partial charge is 0.496 e. The molecule has 106 valence electrons. The van der Waals surface area contributed by atoms with Gasteiger partial charge in [-0.25, -0.2) is 0 Å². The van der Waals surface area contributed by atoms with Crippen LogP contribution in [0.4, 0.5) is 0 Å². The Hall–Kier alpha value is -1.87. The number of aromatic nitrogens is 1. The van der Waals surface area contributed by atoms with Crippen molar-refractivity contribution < 1.29 is 4.74 Å². The summed E-state index contributed by atoms with van der Waals surface area (Å²) in [6, 6.07) is 5.95. The van der Waals surface area contributed by atoms with Gasteiger partial charge in [-0.3, -0.25) is 4.98 Å². The van der Waals surface area contributed by atoms with E-state index in [4.69, 9.17) is 10.5 Å². The minimum atomic E-state index is -0.273. The van der Waals surface area contributed by atoms with Crippen molar-refractivity contribution in [1.29, 1.82) is 0 Å². The Labute approximate surface area is 120 Å². The van der Waals surface area contributed by atoms with Gasteiger partial charge >= 0.3 is 0 Å². The van der Waals surface area contributed by atoms with Crippen LogP contribution in [-0.4, -0.2) is 12.1 Å². The van der Waals surface area contributed by atoms with Crippen LogP contribution in [0.15, 0.2) is 24.4 Å². The van der Waals surface area contributed by atoms with Gasteiger partial charge in [0, 0.05) is 11.8 Å². The van der Waals surface area contributed by atoms with Crippen molar-refractivity contribution in [2.75, 3.05) is 7.11 Å². The Morgan fingerprint density at radius 3 is 2.40 bits per heavy atom. The monoisotopic (exact) mass is 270 g/mol. The first-order valence-electron chi connectivity index (χ1n) is 6.78. The zero-order valence-electron chi connectivity index (χ0n) is 12.8. The second-order valence-corrected chi connectivity index (χ2v) is 5.32. The number of nitrogens with two attached hydrogens (primary N) is 1. The van der Waals surface area contributed by atoms with E-state index < -0.39 is 0 Å². The van der Waals surface area contributed by atoms with Crippen LogP contribution < -0.4 is 10.5 Å². The Bertz CT molecular complexity index is 635. The van der Waals surface area contributed by atoms with E-state index in [1.807, 2.05) is 26.1 Å². The summed E-state index contributed by atoms with van der Waals surface area (Å²) in [6.07, 6.45) is 1.86. The number of hydrogen-bond donors (Lipinski definition) is 1. The van der Waals surface area contributed by atoms with Crippen molar-refractivity contribution in [2.45, 2.75) is 33.7 Å². The van der Waals surface area contributed by atoms with Crippen molar-refractivity contribution >= 4 is 0 Å². The number of nitrogens with zero attached hydrogens (tertiary/aromatic N) is 1. The molecule has 2 aromatic rings. The Morgan fingerprint density at radius 2 is 1.80 bits per heavy atom. The highest BCUT2D eigenvalue weighted by molar-refractivity contribution is 5.49. The highest BCUT2D eigenvalue weighted by Crippen LogP contribution is 2.33. The highest BCUT2D eigenvalue weighted by Gasteiger charge is 2.19. The Morgan fingerprint density at radius 1 is 1.10 bits per heavy atom. The maximum atomic E-state index is 6.42. The SMILES string of the molecule is COc1c(C(N)c2ncc(C)cc2C)ccc(C)c1C. The van der Waals surface area contributed by atoms with Gasteiger partial charge < -0.3 is 10.5 Å². The average Bonchev–Trinajstić information content (AvgIpc) is 2.41. The molecule has 0 aliphatic carbocycles. The summed E-state index contributed by atoms with van der Waals surface area (Å²) in [5.74, 6) is 0.860. The summed E-state index contributed by atoms with van der Waals surface area (Å²) in [5.41, 5.74) is 12.9. The van der Waals surface area contributed by atoms with Gasteiger partial charge in [-0.1, -0.05) is 18.2 Å². The van der Waals surface area contributed by atoms with Crippen LogP contribution in [-0.2, 0) is 0 Å². The predicted octanol–water partition coefficient (Wildman–Crippen LogP) is 3.37. The summed E-state index contributed by atoms with van der Waals surface area (Å²) in [4.78, 5) is 4.50. The maximum Gasteiger partial charge on any atom is 0.127 e. The van der Waals surface area contributed by atoms with Crippen molar-refractivity contribution in [3.05, 3.63) is 57.9 Å². The molecule has 0 spiro atoms. The molecule has 0 saturated heterocycles. The third-order valence-electron chi connectivity index (χ3n) is 3.80. The quantitative estimate of drug-likeness (QED) is 0.930. The second-order valence-electron chi connectivity index (χ2n) is 5.32. The molecule has 1 unspecified atom stereocenters. The van der Waals surface area contributed by atoms with Gasteiger partial charge in [0.15, 0.2) is 0 Å². The lowest BCUT2D eigenvalue weighted by atomic mass is 9.95. The number of methoxy groups -OCH3 is 1. The molecule has 0 amide bonds. The zero-order chi connectivity index (χ0) is 14.9. The smallest absolute Gasteiger partial charge is 0.127 e. The lowest BCUT2D eigenvalue weighted by molar-refractivity contribution is 0.404. The van der Waals surface area contributed by atoms with E-state index in [2.05, 4.69) is 31.0 Å². The second kappa shape index (κ2) is 5.63. The third-order valence-corrected chi connectivity index (χ3v) is 3.80. The van der Waals surface area contributed by atoms with Gasteiger partial charge in [0.1, 0.15) is 5.75 Å². The number of pyridine rings is 1. The molecule has 1 atom stereocenters. The summed E-state index contributed by atoms with van der Waals surface area (Å²) in [7, 11) is 1.69. The molecule has 2 rings (SSSR count). The molecule has 0 fully saturated rings. The van der Waals surface area contributed by atoms with Crippen LogP contribution in [0.1, 0.15) is 39.6 Å². The van der Waals surface area contributed by atoms with E-state index in [1.165, 1.54) is 5.56 Å². The van der Waals surface area contributed by atoms with Gasteiger partial charge in [-0.05, 0) is 49.9 Å². The fourth-order valence-electron chi connectivity index (χ4n) is 2.53. The number of aryl methyl sites for hydroxylation is 3. The summed E-state index contributed by atoms with van der Waals surface area (Å²) in [6.45, 7) is 8.21. The van der Waals surface area contributed by atoms with E-state index in [0.717, 1.165) is 33.7 Å². The van der Waals surface area contributed by atoms with Crippen molar-refractivity contribution in [1.82, 2.24) is 4.98 Å². The zero-order valence-corrected chi connectivity index (χ0v) is 12.8. The fraction of sp³-hybridized carbons (Fsp3) is 0.353. The standard InChI is InChI=1S/C17H22N2O/c1-10-8-12(3)16(19-9-10)15(18)14-7-6-11(2)13(4)17(14)20-5/h6-9,15H,18H2,1-5H3. The van der Waals surface area contributed by atoms with Crippen LogP contribution in [0.2, 0.25) is 0 Å². The number of rotatable bonds is 3. The van der Waals surface area contributed by atoms with Crippen LogP contribution in [0.25, 0.3) is 0 Å². The minimum absolute atomic E-state index is 0.273. The summed E-state index contributed by atoms with van der Waals surface area (Å²) >= 11 is 0. The molecule has 1 heterocycles. The first-order valence-corrected chi connectivity index (χ1v) is 6.78. The predicted molar refractivity (Wildman–Crippen MR) is 82.2 cm³/mol. The molecule has 3 nitrogen and oxygen atoms in total. The van der Waals surface area contributed by atoms with Crippen LogP contribution >= 0.6 is 0 Å². The van der Waals surface area contributed by atoms with E-state index in [0.29, 0.717) is 0 Å². The van der Waals surface area contributed by atoms with E-state index in [-0.39, 0.29) is 6.04 Å². The molecule has 2 N–H and O–H groups in total. The van der Waals surface area contributed by atoms with E-state index >= 15 is 0 Å². The van der Waals surface area contributed by atoms with E-state index in [1.54, 1.807) is 7.11 Å². The van der Waals surface area contributed by atoms with Gasteiger partial charge in [0.2, 0.25) is 0 Å². The third kappa shape index (κ3) is 2.54. The van der Waals surface area contributed by atoms with Gasteiger partial charge in [0.05, 0.1) is 18.8 Å². The van der Waals surface area contributed by atoms with Crippen LogP contribution in [0.3, 0.4) is 0 Å². The lowest BCUT2D eigenvalue weighted by Crippen LogP contribution is -2.17. The molecule has 0 radical (unpaired) electrons. The molecule has 0 aliphatic heterocycles. The molecule has 1 aromatic carbocycles. The van der Waals surface area contributed by atoms with Gasteiger partial charge in [-0.15, -0.1) is 0 Å². The number of ether oxygens (including phenoxy) is 1. The molecule has 20 heavy (non-hydrogen) atoms. The molecular weight excluding hydrogens is 248 g/mol. The number of hydrogen-bond acceptors (Lipinski definition) is 3. The summed E-state index contributed by atoms with van der Waals surface area (Å²) in [5, 5.41) is 0. The van der Waals surface area contributed by atoms with Crippen molar-refractivity contribution in [3.8, 4) is 5.75 Å². The number of benzene rings is 1. The van der Waals surface area contributed by atoms with Crippen molar-refractivity contribution in [3.63, 3.8) is 0 Å². The molecular formula is C17H22N2O. The van der Waals surface area contributed by atoms with Crippen LogP contribution in [0, 0.1) is 27.7 Å². The Kier molecular flexibility index (Phi) is 4.09. The topological polar surface area (TPSA) is 48.1 Å². The molecule has 3 heteroatoms. The van der Waals surface area contributed by atoms with Crippen LogP contribution in [0.5, 0.6) is 5.75 Å². The fourth-order valence-corrected chi connectivity index (χ4v) is 2.53.